The number of rotatable bonds is 6. The largest absolute Gasteiger partial charge is 0.479 e. The quantitative estimate of drug-likeness (QED) is 0.729. The SMILES string of the molecule is COCC(=O)Nc1cccc(-c2cccc3c2OC(C(=O)N[C@H]2CN4CCC2CC4)C3)c1. The van der Waals surface area contributed by atoms with Crippen molar-refractivity contribution >= 4 is 17.5 Å². The Morgan fingerprint density at radius 2 is 1.97 bits per heavy atom. The third-order valence-corrected chi connectivity index (χ3v) is 6.77. The molecule has 2 atom stereocenters. The fourth-order valence-electron chi connectivity index (χ4n) is 5.14. The fourth-order valence-corrected chi connectivity index (χ4v) is 5.14. The average molecular weight is 436 g/mol. The van der Waals surface area contributed by atoms with E-state index in [1.165, 1.54) is 7.11 Å². The van der Waals surface area contributed by atoms with E-state index >= 15 is 0 Å². The van der Waals surface area contributed by atoms with Crippen LogP contribution in [0.1, 0.15) is 18.4 Å². The molecule has 168 valence electrons. The van der Waals surface area contributed by atoms with Crippen molar-refractivity contribution in [2.24, 2.45) is 5.92 Å². The second kappa shape index (κ2) is 8.92. The van der Waals surface area contributed by atoms with Crippen LogP contribution in [0.25, 0.3) is 11.1 Å². The number of ether oxygens (including phenoxy) is 2. The Balaban J connectivity index is 1.30. The molecule has 2 bridgehead atoms. The maximum Gasteiger partial charge on any atom is 0.261 e. The monoisotopic (exact) mass is 435 g/mol. The Labute approximate surface area is 188 Å². The van der Waals surface area contributed by atoms with Crippen LogP contribution < -0.4 is 15.4 Å². The van der Waals surface area contributed by atoms with Crippen LogP contribution in [0.2, 0.25) is 0 Å². The summed E-state index contributed by atoms with van der Waals surface area (Å²) in [6.07, 6.45) is 2.39. The zero-order chi connectivity index (χ0) is 22.1. The molecule has 2 N–H and O–H groups in total. The summed E-state index contributed by atoms with van der Waals surface area (Å²) in [6.45, 7) is 3.25. The molecule has 2 aromatic carbocycles. The second-order valence-electron chi connectivity index (χ2n) is 8.92. The van der Waals surface area contributed by atoms with Gasteiger partial charge in [0.25, 0.3) is 5.91 Å². The van der Waals surface area contributed by atoms with Crippen LogP contribution in [0.15, 0.2) is 42.5 Å². The van der Waals surface area contributed by atoms with E-state index in [9.17, 15) is 9.59 Å². The molecule has 0 aliphatic carbocycles. The molecule has 0 saturated carbocycles. The van der Waals surface area contributed by atoms with Gasteiger partial charge in [-0.25, -0.2) is 0 Å². The molecule has 4 heterocycles. The summed E-state index contributed by atoms with van der Waals surface area (Å²) in [4.78, 5) is 27.3. The van der Waals surface area contributed by atoms with Crippen molar-refractivity contribution in [2.45, 2.75) is 31.4 Å². The number of amides is 2. The van der Waals surface area contributed by atoms with Crippen molar-refractivity contribution in [1.82, 2.24) is 10.2 Å². The number of hydrogen-bond acceptors (Lipinski definition) is 5. The molecule has 3 saturated heterocycles. The van der Waals surface area contributed by atoms with Gasteiger partial charge in [-0.2, -0.15) is 0 Å². The van der Waals surface area contributed by atoms with E-state index < -0.39 is 6.10 Å². The smallest absolute Gasteiger partial charge is 0.261 e. The lowest BCUT2D eigenvalue weighted by Gasteiger charge is -2.45. The molecular weight excluding hydrogens is 406 g/mol. The number of anilines is 1. The van der Waals surface area contributed by atoms with Crippen molar-refractivity contribution in [3.63, 3.8) is 0 Å². The lowest BCUT2D eigenvalue weighted by molar-refractivity contribution is -0.129. The van der Waals surface area contributed by atoms with Crippen molar-refractivity contribution < 1.29 is 19.1 Å². The van der Waals surface area contributed by atoms with Gasteiger partial charge in [-0.3, -0.25) is 9.59 Å². The highest BCUT2D eigenvalue weighted by molar-refractivity contribution is 5.92. The minimum absolute atomic E-state index is 0.00444. The maximum absolute atomic E-state index is 13.0. The van der Waals surface area contributed by atoms with Gasteiger partial charge in [0.05, 0.1) is 0 Å². The summed E-state index contributed by atoms with van der Waals surface area (Å²) in [5.74, 6) is 1.11. The first-order chi connectivity index (χ1) is 15.6. The molecule has 0 aromatic heterocycles. The predicted octanol–water partition coefficient (Wildman–Crippen LogP) is 2.45. The highest BCUT2D eigenvalue weighted by Crippen LogP contribution is 2.39. The lowest BCUT2D eigenvalue weighted by Crippen LogP contribution is -2.58. The number of benzene rings is 2. The Kier molecular flexibility index (Phi) is 5.85. The lowest BCUT2D eigenvalue weighted by atomic mass is 9.84. The van der Waals surface area contributed by atoms with Gasteiger partial charge in [0, 0.05) is 37.4 Å². The van der Waals surface area contributed by atoms with Gasteiger partial charge < -0.3 is 25.0 Å². The van der Waals surface area contributed by atoms with Gasteiger partial charge in [0.1, 0.15) is 12.4 Å². The summed E-state index contributed by atoms with van der Waals surface area (Å²) in [7, 11) is 1.49. The van der Waals surface area contributed by atoms with E-state index in [1.54, 1.807) is 0 Å². The number of fused-ring (bicyclic) bond motifs is 4. The Morgan fingerprint density at radius 1 is 1.16 bits per heavy atom. The highest BCUT2D eigenvalue weighted by Gasteiger charge is 2.38. The van der Waals surface area contributed by atoms with Crippen molar-refractivity contribution in [1.29, 1.82) is 0 Å². The number of para-hydroxylation sites is 1. The van der Waals surface area contributed by atoms with Crippen LogP contribution in [-0.2, 0) is 20.7 Å². The topological polar surface area (TPSA) is 79.9 Å². The molecular formula is C25H29N3O4. The van der Waals surface area contributed by atoms with E-state index in [-0.39, 0.29) is 24.5 Å². The van der Waals surface area contributed by atoms with Crippen molar-refractivity contribution in [2.75, 3.05) is 38.7 Å². The Morgan fingerprint density at radius 3 is 2.72 bits per heavy atom. The van der Waals surface area contributed by atoms with Crippen LogP contribution in [0.3, 0.4) is 0 Å². The highest BCUT2D eigenvalue weighted by atomic mass is 16.5. The predicted molar refractivity (Wildman–Crippen MR) is 122 cm³/mol. The van der Waals surface area contributed by atoms with Crippen molar-refractivity contribution in [3.8, 4) is 16.9 Å². The molecule has 7 nitrogen and oxygen atoms in total. The van der Waals surface area contributed by atoms with Gasteiger partial charge in [-0.05, 0) is 55.1 Å². The Hall–Kier alpha value is -2.90. The number of methoxy groups -OCH3 is 1. The summed E-state index contributed by atoms with van der Waals surface area (Å²) in [5, 5.41) is 6.10. The summed E-state index contributed by atoms with van der Waals surface area (Å²) >= 11 is 0. The number of nitrogens with one attached hydrogen (secondary N) is 2. The number of piperidine rings is 3. The first kappa shape index (κ1) is 21.0. The van der Waals surface area contributed by atoms with E-state index in [4.69, 9.17) is 9.47 Å². The molecule has 4 aliphatic rings. The number of hydrogen-bond donors (Lipinski definition) is 2. The standard InChI is InChI=1S/C25H29N3O4/c1-31-15-23(29)26-19-6-2-4-17(12-19)20-7-3-5-18-13-22(32-24(18)20)25(30)27-21-14-28-10-8-16(21)9-11-28/h2-7,12,16,21-22H,8-11,13-15H2,1H3,(H,26,29)(H,27,30)/t21-,22?/m0/s1. The number of carbonyl (C=O) groups excluding carboxylic acids is 2. The molecule has 4 aliphatic heterocycles. The normalized spacial score (nSPS) is 25.7. The maximum atomic E-state index is 13.0. The second-order valence-corrected chi connectivity index (χ2v) is 8.92. The van der Waals surface area contributed by atoms with Gasteiger partial charge in [0.15, 0.2) is 6.10 Å². The molecule has 6 rings (SSSR count). The van der Waals surface area contributed by atoms with Crippen LogP contribution in [-0.4, -0.2) is 62.2 Å². The van der Waals surface area contributed by atoms with Crippen LogP contribution in [0.5, 0.6) is 5.75 Å². The van der Waals surface area contributed by atoms with Gasteiger partial charge in [-0.1, -0.05) is 30.3 Å². The van der Waals surface area contributed by atoms with Crippen LogP contribution in [0.4, 0.5) is 5.69 Å². The fraction of sp³-hybridized carbons (Fsp3) is 0.440. The van der Waals surface area contributed by atoms with E-state index in [0.29, 0.717) is 18.0 Å². The number of carbonyl (C=O) groups is 2. The third-order valence-electron chi connectivity index (χ3n) is 6.77. The molecule has 2 amide bonds. The minimum Gasteiger partial charge on any atom is -0.479 e. The molecule has 7 heteroatoms. The Bertz CT molecular complexity index is 1020. The molecule has 2 aromatic rings. The van der Waals surface area contributed by atoms with Crippen molar-refractivity contribution in [3.05, 3.63) is 48.0 Å². The first-order valence-electron chi connectivity index (χ1n) is 11.3. The van der Waals surface area contributed by atoms with Gasteiger partial charge >= 0.3 is 0 Å². The average Bonchev–Trinajstić information content (AvgIpc) is 3.25. The summed E-state index contributed by atoms with van der Waals surface area (Å²) < 4.78 is 11.1. The van der Waals surface area contributed by atoms with Gasteiger partial charge in [-0.15, -0.1) is 0 Å². The number of nitrogens with zero attached hydrogens (tertiary/aromatic N) is 1. The zero-order valence-corrected chi connectivity index (χ0v) is 18.3. The molecule has 0 spiro atoms. The van der Waals surface area contributed by atoms with Crippen LogP contribution >= 0.6 is 0 Å². The minimum atomic E-state index is -0.508. The molecule has 0 radical (unpaired) electrons. The zero-order valence-electron chi connectivity index (χ0n) is 18.3. The summed E-state index contributed by atoms with van der Waals surface area (Å²) in [5.41, 5.74) is 3.57. The van der Waals surface area contributed by atoms with E-state index in [2.05, 4.69) is 15.5 Å². The summed E-state index contributed by atoms with van der Waals surface area (Å²) in [6, 6.07) is 13.8. The van der Waals surface area contributed by atoms with E-state index in [1.807, 2.05) is 42.5 Å². The molecule has 1 unspecified atom stereocenters. The van der Waals surface area contributed by atoms with Gasteiger partial charge in [0.2, 0.25) is 5.91 Å². The third kappa shape index (κ3) is 4.23. The van der Waals surface area contributed by atoms with E-state index in [0.717, 1.165) is 54.9 Å². The first-order valence-corrected chi connectivity index (χ1v) is 11.3. The van der Waals surface area contributed by atoms with Crippen LogP contribution in [0, 0.1) is 5.92 Å². The molecule has 3 fully saturated rings. The molecule has 32 heavy (non-hydrogen) atoms.